The summed E-state index contributed by atoms with van der Waals surface area (Å²) in [5.41, 5.74) is 6.49. The van der Waals surface area contributed by atoms with Gasteiger partial charge < -0.3 is 14.0 Å². The van der Waals surface area contributed by atoms with Crippen LogP contribution in [-0.2, 0) is 10.8 Å². The van der Waals surface area contributed by atoms with E-state index in [0.29, 0.717) is 23.3 Å². The number of rotatable bonds is 11. The predicted molar refractivity (Wildman–Crippen MR) is 235 cm³/mol. The highest BCUT2D eigenvalue weighted by atomic mass is 31.1. The number of hydrogen-bond donors (Lipinski definition) is 0. The van der Waals surface area contributed by atoms with E-state index >= 15 is 0 Å². The zero-order valence-corrected chi connectivity index (χ0v) is 34.9. The van der Waals surface area contributed by atoms with Gasteiger partial charge in [-0.25, -0.2) is 0 Å². The summed E-state index contributed by atoms with van der Waals surface area (Å²) >= 11 is 0. The molecule has 2 fully saturated rings. The van der Waals surface area contributed by atoms with E-state index in [1.165, 1.54) is 80.1 Å². The van der Waals surface area contributed by atoms with E-state index in [1.807, 2.05) is 60.7 Å². The molecule has 0 aromatic heterocycles. The van der Waals surface area contributed by atoms with Crippen LogP contribution in [0.4, 0.5) is 0 Å². The molecule has 286 valence electrons. The van der Waals surface area contributed by atoms with Crippen molar-refractivity contribution < 1.29 is 14.0 Å². The molecule has 0 amide bonds. The molecular weight excluding hydrogens is 690 g/mol. The molecule has 3 nitrogen and oxygen atoms in total. The van der Waals surface area contributed by atoms with Gasteiger partial charge in [-0.15, -0.1) is 0 Å². The molecule has 2 aliphatic rings. The van der Waals surface area contributed by atoms with Gasteiger partial charge in [-0.2, -0.15) is 0 Å². The zero-order chi connectivity index (χ0) is 38.4. The highest BCUT2D eigenvalue weighted by molar-refractivity contribution is 7.80. The topological polar surface area (TPSA) is 27.7 Å². The molecular formula is C50H60BO3P. The second-order valence-electron chi connectivity index (χ2n) is 17.7. The molecule has 1 unspecified atom stereocenters. The SMILES string of the molecule is CC(C)(C)c1cc(P(c2ccccc2)c2ccccc2OB(Oc2ccccc2)Oc2ccccc2)c(C2CCCCC2)c(C(C)(C)C)c1C1CCCCC1. The Bertz CT molecular complexity index is 1930. The van der Waals surface area contributed by atoms with Gasteiger partial charge in [0.15, 0.2) is 0 Å². The van der Waals surface area contributed by atoms with Gasteiger partial charge in [-0.3, -0.25) is 0 Å². The predicted octanol–water partition coefficient (Wildman–Crippen LogP) is 12.7. The Hall–Kier alpha value is -4.01. The van der Waals surface area contributed by atoms with E-state index in [2.05, 4.69) is 102 Å². The van der Waals surface area contributed by atoms with Gasteiger partial charge in [0.2, 0.25) is 0 Å². The van der Waals surface area contributed by atoms with Crippen LogP contribution in [0.5, 0.6) is 17.2 Å². The smallest absolute Gasteiger partial charge is 0.490 e. The molecule has 1 atom stereocenters. The summed E-state index contributed by atoms with van der Waals surface area (Å²) in [4.78, 5) is 0. The highest BCUT2D eigenvalue weighted by Crippen LogP contribution is 2.51. The van der Waals surface area contributed by atoms with Crippen molar-refractivity contribution in [1.82, 2.24) is 0 Å². The Morgan fingerprint density at radius 1 is 0.491 bits per heavy atom. The molecule has 5 aromatic carbocycles. The molecule has 55 heavy (non-hydrogen) atoms. The monoisotopic (exact) mass is 750 g/mol. The average molecular weight is 751 g/mol. The average Bonchev–Trinajstić information content (AvgIpc) is 3.19. The third kappa shape index (κ3) is 9.35. The van der Waals surface area contributed by atoms with Crippen molar-refractivity contribution in [3.05, 3.63) is 144 Å². The van der Waals surface area contributed by atoms with Crippen molar-refractivity contribution in [3.8, 4) is 17.2 Å². The Kier molecular flexibility index (Phi) is 12.4. The van der Waals surface area contributed by atoms with Crippen LogP contribution in [0.15, 0.2) is 121 Å². The van der Waals surface area contributed by atoms with Crippen LogP contribution in [0.3, 0.4) is 0 Å². The Morgan fingerprint density at radius 2 is 0.964 bits per heavy atom. The second-order valence-corrected chi connectivity index (χ2v) is 19.9. The fourth-order valence-corrected chi connectivity index (χ4v) is 11.7. The van der Waals surface area contributed by atoms with Gasteiger partial charge in [-0.05, 0) is 126 Å². The maximum absolute atomic E-state index is 6.95. The Balaban J connectivity index is 1.47. The largest absolute Gasteiger partial charge is 0.864 e. The lowest BCUT2D eigenvalue weighted by molar-refractivity contribution is 0.308. The van der Waals surface area contributed by atoms with E-state index in [-0.39, 0.29) is 10.8 Å². The summed E-state index contributed by atoms with van der Waals surface area (Å²) < 4.78 is 19.9. The third-order valence-corrected chi connectivity index (χ3v) is 14.0. The summed E-state index contributed by atoms with van der Waals surface area (Å²) in [5.74, 6) is 3.31. The molecule has 2 saturated carbocycles. The first-order valence-electron chi connectivity index (χ1n) is 20.8. The maximum Gasteiger partial charge on any atom is 0.864 e. The summed E-state index contributed by atoms with van der Waals surface area (Å²) in [6.45, 7) is 14.8. The Morgan fingerprint density at radius 3 is 1.47 bits per heavy atom. The molecule has 7 rings (SSSR count). The first-order chi connectivity index (χ1) is 26.6. The molecule has 0 N–H and O–H groups in total. The first-order valence-corrected chi connectivity index (χ1v) is 22.2. The van der Waals surface area contributed by atoms with Crippen LogP contribution < -0.4 is 29.9 Å². The lowest BCUT2D eigenvalue weighted by Gasteiger charge is -2.42. The van der Waals surface area contributed by atoms with E-state index in [0.717, 1.165) is 5.75 Å². The highest BCUT2D eigenvalue weighted by Gasteiger charge is 2.39. The maximum atomic E-state index is 6.95. The van der Waals surface area contributed by atoms with Crippen LogP contribution in [0.1, 0.15) is 140 Å². The lowest BCUT2D eigenvalue weighted by Crippen LogP contribution is -2.39. The van der Waals surface area contributed by atoms with E-state index < -0.39 is 15.2 Å². The van der Waals surface area contributed by atoms with Crippen molar-refractivity contribution >= 4 is 31.2 Å². The summed E-state index contributed by atoms with van der Waals surface area (Å²) in [6.07, 6.45) is 13.0. The van der Waals surface area contributed by atoms with Gasteiger partial charge in [0.1, 0.15) is 17.2 Å². The fraction of sp³-hybridized carbons (Fsp3) is 0.400. The summed E-state index contributed by atoms with van der Waals surface area (Å²) in [5, 5.41) is 4.02. The lowest BCUT2D eigenvalue weighted by atomic mass is 9.66. The molecule has 0 bridgehead atoms. The normalized spacial score (nSPS) is 16.3. The molecule has 5 heteroatoms. The Labute approximate surface area is 333 Å². The van der Waals surface area contributed by atoms with E-state index in [1.54, 1.807) is 22.3 Å². The van der Waals surface area contributed by atoms with Gasteiger partial charge in [0.25, 0.3) is 0 Å². The van der Waals surface area contributed by atoms with Crippen LogP contribution in [0.2, 0.25) is 0 Å². The quantitative estimate of drug-likeness (QED) is 0.0994. The van der Waals surface area contributed by atoms with Crippen LogP contribution in [0, 0.1) is 0 Å². The number of para-hydroxylation sites is 3. The molecule has 2 aliphatic carbocycles. The molecule has 0 radical (unpaired) electrons. The van der Waals surface area contributed by atoms with Crippen molar-refractivity contribution in [2.24, 2.45) is 0 Å². The number of hydrogen-bond acceptors (Lipinski definition) is 3. The van der Waals surface area contributed by atoms with Crippen molar-refractivity contribution in [1.29, 1.82) is 0 Å². The first kappa shape index (κ1) is 39.2. The van der Waals surface area contributed by atoms with E-state index in [9.17, 15) is 0 Å². The van der Waals surface area contributed by atoms with Crippen LogP contribution >= 0.6 is 7.92 Å². The molecule has 0 saturated heterocycles. The van der Waals surface area contributed by atoms with Gasteiger partial charge >= 0.3 is 7.32 Å². The van der Waals surface area contributed by atoms with Crippen LogP contribution in [0.25, 0.3) is 0 Å². The standard InChI is InChI=1S/C50H60BO3P/c1-49(2,3)42-36-45(47(38-26-14-8-15-27-38)48(50(4,5)6)46(42)37-24-12-7-13-25-37)55(41-32-20-11-21-33-41)44-35-23-22-34-43(44)54-51(52-39-28-16-9-17-29-39)53-40-30-18-10-19-31-40/h9-11,16-23,28-38H,7-8,12-15,24-27H2,1-6H3. The van der Waals surface area contributed by atoms with Crippen LogP contribution in [-0.4, -0.2) is 7.32 Å². The van der Waals surface area contributed by atoms with E-state index in [4.69, 9.17) is 14.0 Å². The molecule has 0 aliphatic heterocycles. The molecule has 0 spiro atoms. The summed E-state index contributed by atoms with van der Waals surface area (Å²) in [7, 11) is -2.05. The zero-order valence-electron chi connectivity index (χ0n) is 34.0. The van der Waals surface area contributed by atoms with Crippen molar-refractivity contribution in [3.63, 3.8) is 0 Å². The number of benzene rings is 5. The van der Waals surface area contributed by atoms with Crippen molar-refractivity contribution in [2.75, 3.05) is 0 Å². The molecule has 5 aromatic rings. The minimum absolute atomic E-state index is 0.0125. The minimum atomic E-state index is -1.05. The second kappa shape index (κ2) is 17.4. The minimum Gasteiger partial charge on any atom is -0.490 e. The fourth-order valence-electron chi connectivity index (χ4n) is 9.06. The molecule has 0 heterocycles. The summed E-state index contributed by atoms with van der Waals surface area (Å²) in [6, 6.07) is 42.3. The van der Waals surface area contributed by atoms with Gasteiger partial charge in [0, 0.05) is 5.30 Å². The van der Waals surface area contributed by atoms with Gasteiger partial charge in [-0.1, -0.05) is 165 Å². The third-order valence-electron chi connectivity index (χ3n) is 11.5. The van der Waals surface area contributed by atoms with Crippen molar-refractivity contribution in [2.45, 2.75) is 128 Å². The van der Waals surface area contributed by atoms with Gasteiger partial charge in [0.05, 0.1) is 0 Å².